The number of hydrogen-bond acceptors (Lipinski definition) is 1. The molecule has 34 heavy (non-hydrogen) atoms. The third kappa shape index (κ3) is 5.52. The number of hydrogen-bond donors (Lipinski definition) is 0. The van der Waals surface area contributed by atoms with E-state index in [9.17, 15) is 13.2 Å². The van der Waals surface area contributed by atoms with Crippen LogP contribution in [0.3, 0.4) is 0 Å². The lowest BCUT2D eigenvalue weighted by molar-refractivity contribution is -0.291. The topological polar surface area (TPSA) is 9.23 Å². The molecule has 178 valence electrons. The van der Waals surface area contributed by atoms with Crippen molar-refractivity contribution >= 4 is 10.8 Å². The molecule has 0 unspecified atom stereocenters. The van der Waals surface area contributed by atoms with Gasteiger partial charge in [-0.1, -0.05) is 44.0 Å². The summed E-state index contributed by atoms with van der Waals surface area (Å²) in [5.41, 5.74) is 1.28. The van der Waals surface area contributed by atoms with Crippen LogP contribution in [0.4, 0.5) is 22.0 Å². The smallest absolute Gasteiger partial charge is 0.352 e. The van der Waals surface area contributed by atoms with Crippen molar-refractivity contribution < 1.29 is 26.7 Å². The van der Waals surface area contributed by atoms with Crippen molar-refractivity contribution in [1.29, 1.82) is 0 Å². The molecule has 4 rings (SSSR count). The molecule has 0 radical (unpaired) electrons. The van der Waals surface area contributed by atoms with E-state index >= 15 is 8.78 Å². The SMILES string of the molecule is CCCC1CCC(c2cc(F)c(-c3ccc4c(C#COC(F)(F)F)cccc4c3)c(F)c2)CC1. The highest BCUT2D eigenvalue weighted by atomic mass is 19.4. The average Bonchev–Trinajstić information content (AvgIpc) is 2.78. The molecule has 0 N–H and O–H groups in total. The van der Waals surface area contributed by atoms with Gasteiger partial charge in [0.1, 0.15) is 17.7 Å². The zero-order chi connectivity index (χ0) is 24.3. The minimum atomic E-state index is -4.85. The van der Waals surface area contributed by atoms with E-state index in [1.807, 2.05) is 0 Å². The predicted molar refractivity (Wildman–Crippen MR) is 123 cm³/mol. The molecular formula is C28H25F5O. The zero-order valence-corrected chi connectivity index (χ0v) is 18.8. The van der Waals surface area contributed by atoms with E-state index < -0.39 is 18.0 Å². The second-order valence-corrected chi connectivity index (χ2v) is 8.88. The lowest BCUT2D eigenvalue weighted by atomic mass is 9.77. The van der Waals surface area contributed by atoms with Crippen molar-refractivity contribution in [3.05, 3.63) is 71.3 Å². The molecule has 3 aromatic carbocycles. The average molecular weight is 472 g/mol. The van der Waals surface area contributed by atoms with Crippen LogP contribution in [0.1, 0.15) is 62.5 Å². The molecule has 0 heterocycles. The van der Waals surface area contributed by atoms with Crippen LogP contribution in [-0.2, 0) is 4.74 Å². The largest absolute Gasteiger partial charge is 0.581 e. The first kappa shape index (κ1) is 24.1. The molecule has 3 aromatic rings. The molecule has 6 heteroatoms. The highest BCUT2D eigenvalue weighted by Crippen LogP contribution is 2.39. The van der Waals surface area contributed by atoms with Gasteiger partial charge in [0.2, 0.25) is 0 Å². The summed E-state index contributed by atoms with van der Waals surface area (Å²) < 4.78 is 70.3. The number of rotatable bonds is 4. The summed E-state index contributed by atoms with van der Waals surface area (Å²) >= 11 is 0. The Balaban J connectivity index is 1.60. The third-order valence-electron chi connectivity index (χ3n) is 6.60. The summed E-state index contributed by atoms with van der Waals surface area (Å²) in [7, 11) is 0. The monoisotopic (exact) mass is 472 g/mol. The molecule has 0 saturated heterocycles. The molecule has 0 amide bonds. The standard InChI is InChI=1S/C28H25F5O/c1-2-4-18-7-9-19(10-8-18)23-16-25(29)27(26(30)17-23)22-11-12-24-20(5-3-6-21(24)15-22)13-14-34-28(31,32)33/h3,5-6,11-12,15-19H,2,4,7-10H2,1H3. The van der Waals surface area contributed by atoms with E-state index in [4.69, 9.17) is 0 Å². The molecular weight excluding hydrogens is 447 g/mol. The lowest BCUT2D eigenvalue weighted by Gasteiger charge is -2.29. The van der Waals surface area contributed by atoms with Gasteiger partial charge in [-0.05, 0) is 89.6 Å². The lowest BCUT2D eigenvalue weighted by Crippen LogP contribution is -2.13. The summed E-state index contributed by atoms with van der Waals surface area (Å²) in [5, 5.41) is 1.17. The second-order valence-electron chi connectivity index (χ2n) is 8.88. The van der Waals surface area contributed by atoms with E-state index in [-0.39, 0.29) is 11.5 Å². The summed E-state index contributed by atoms with van der Waals surface area (Å²) in [4.78, 5) is 0. The Kier molecular flexibility index (Phi) is 7.11. The molecule has 1 aliphatic carbocycles. The molecule has 1 aliphatic rings. The summed E-state index contributed by atoms with van der Waals surface area (Å²) in [6.45, 7) is 2.18. The minimum absolute atomic E-state index is 0.109. The van der Waals surface area contributed by atoms with E-state index in [0.717, 1.165) is 32.1 Å². The number of halogens is 5. The van der Waals surface area contributed by atoms with Gasteiger partial charge in [-0.15, -0.1) is 13.2 Å². The Bertz CT molecular complexity index is 1200. The Morgan fingerprint density at radius 3 is 2.29 bits per heavy atom. The van der Waals surface area contributed by atoms with Crippen molar-refractivity contribution in [2.24, 2.45) is 5.92 Å². The van der Waals surface area contributed by atoms with Gasteiger partial charge in [-0.2, -0.15) is 0 Å². The zero-order valence-electron chi connectivity index (χ0n) is 18.8. The fourth-order valence-corrected chi connectivity index (χ4v) is 4.98. The highest BCUT2D eigenvalue weighted by molar-refractivity contribution is 5.91. The molecule has 0 aromatic heterocycles. The van der Waals surface area contributed by atoms with Gasteiger partial charge in [0.15, 0.2) is 0 Å². The second kappa shape index (κ2) is 10.0. The van der Waals surface area contributed by atoms with Crippen molar-refractivity contribution in [2.45, 2.75) is 57.7 Å². The van der Waals surface area contributed by atoms with Gasteiger partial charge in [-0.3, -0.25) is 0 Å². The van der Waals surface area contributed by atoms with Crippen LogP contribution in [0.25, 0.3) is 21.9 Å². The van der Waals surface area contributed by atoms with Crippen LogP contribution in [-0.4, -0.2) is 6.36 Å². The first-order chi connectivity index (χ1) is 16.2. The van der Waals surface area contributed by atoms with Gasteiger partial charge >= 0.3 is 6.36 Å². The molecule has 1 saturated carbocycles. The first-order valence-corrected chi connectivity index (χ1v) is 11.5. The van der Waals surface area contributed by atoms with E-state index in [1.165, 1.54) is 18.6 Å². The van der Waals surface area contributed by atoms with Crippen LogP contribution in [0.5, 0.6) is 0 Å². The van der Waals surface area contributed by atoms with Crippen molar-refractivity contribution in [2.75, 3.05) is 0 Å². The molecule has 1 nitrogen and oxygen atoms in total. The van der Waals surface area contributed by atoms with Crippen molar-refractivity contribution in [3.63, 3.8) is 0 Å². The van der Waals surface area contributed by atoms with Gasteiger partial charge in [-0.25, -0.2) is 8.78 Å². The summed E-state index contributed by atoms with van der Waals surface area (Å²) in [6, 6.07) is 12.6. The molecule has 0 atom stereocenters. The first-order valence-electron chi connectivity index (χ1n) is 11.5. The number of ether oxygens (including phenoxy) is 1. The van der Waals surface area contributed by atoms with Crippen LogP contribution < -0.4 is 0 Å². The van der Waals surface area contributed by atoms with Gasteiger partial charge in [0.25, 0.3) is 0 Å². The summed E-state index contributed by atoms with van der Waals surface area (Å²) in [5.74, 6) is 2.00. The van der Waals surface area contributed by atoms with Gasteiger partial charge < -0.3 is 4.74 Å². The molecule has 0 spiro atoms. The van der Waals surface area contributed by atoms with Crippen LogP contribution in [0, 0.1) is 29.6 Å². The summed E-state index contributed by atoms with van der Waals surface area (Å²) in [6.07, 6.45) is 3.24. The number of benzene rings is 3. The quantitative estimate of drug-likeness (QED) is 0.273. The molecule has 1 fully saturated rings. The maximum atomic E-state index is 15.1. The van der Waals surface area contributed by atoms with Crippen LogP contribution in [0.15, 0.2) is 48.5 Å². The van der Waals surface area contributed by atoms with E-state index in [0.29, 0.717) is 33.4 Å². The predicted octanol–water partition coefficient (Wildman–Crippen LogP) is 8.70. The molecule has 0 aliphatic heterocycles. The Morgan fingerprint density at radius 2 is 1.65 bits per heavy atom. The minimum Gasteiger partial charge on any atom is -0.352 e. The fraction of sp³-hybridized carbons (Fsp3) is 0.357. The number of fused-ring (bicyclic) bond motifs is 1. The van der Waals surface area contributed by atoms with Crippen LogP contribution >= 0.6 is 0 Å². The van der Waals surface area contributed by atoms with E-state index in [1.54, 1.807) is 42.5 Å². The Morgan fingerprint density at radius 1 is 0.941 bits per heavy atom. The van der Waals surface area contributed by atoms with Crippen molar-refractivity contribution in [3.8, 4) is 23.2 Å². The normalized spacial score (nSPS) is 18.4. The van der Waals surface area contributed by atoms with Crippen molar-refractivity contribution in [1.82, 2.24) is 0 Å². The highest BCUT2D eigenvalue weighted by Gasteiger charge is 2.29. The Hall–Kier alpha value is -3.07. The maximum Gasteiger partial charge on any atom is 0.581 e. The van der Waals surface area contributed by atoms with E-state index in [2.05, 4.69) is 17.6 Å². The molecule has 0 bridgehead atoms. The van der Waals surface area contributed by atoms with Crippen LogP contribution in [0.2, 0.25) is 0 Å². The Labute approximate surface area is 195 Å². The maximum absolute atomic E-state index is 15.1. The van der Waals surface area contributed by atoms with Gasteiger partial charge in [0, 0.05) is 5.56 Å². The van der Waals surface area contributed by atoms with Gasteiger partial charge in [0.05, 0.1) is 5.56 Å². The fourth-order valence-electron chi connectivity index (χ4n) is 4.98. The number of alkyl halides is 3. The third-order valence-corrected chi connectivity index (χ3v) is 6.60.